The Bertz CT molecular complexity index is 794. The smallest absolute Gasteiger partial charge is 0.171 e. The van der Waals surface area contributed by atoms with E-state index < -0.39 is 0 Å². The monoisotopic (exact) mass is 358 g/mol. The topological polar surface area (TPSA) is 42.2 Å². The summed E-state index contributed by atoms with van der Waals surface area (Å²) in [6.45, 7) is 5.22. The lowest BCUT2D eigenvalue weighted by molar-refractivity contribution is 0.850. The summed E-state index contributed by atoms with van der Waals surface area (Å²) < 4.78 is 2.66. The van der Waals surface area contributed by atoms with Gasteiger partial charge in [-0.05, 0) is 59.8 Å². The number of nitrogens with zero attached hydrogens (tertiary/aromatic N) is 3. The highest BCUT2D eigenvalue weighted by Crippen LogP contribution is 2.17. The summed E-state index contributed by atoms with van der Waals surface area (Å²) in [4.78, 5) is 4.55. The second kappa shape index (κ2) is 6.48. The number of aromatic nitrogens is 3. The Morgan fingerprint density at radius 3 is 2.91 bits per heavy atom. The van der Waals surface area contributed by atoms with Gasteiger partial charge in [-0.15, -0.1) is 0 Å². The molecule has 5 heteroatoms. The summed E-state index contributed by atoms with van der Waals surface area (Å²) in [6, 6.07) is 8.61. The third-order valence-corrected chi connectivity index (χ3v) is 4.31. The molecule has 2 aromatic heterocycles. The lowest BCUT2D eigenvalue weighted by Gasteiger charge is -2.08. The normalized spacial score (nSPS) is 11.0. The number of nitrogens with one attached hydrogen (secondary N) is 1. The predicted octanol–water partition coefficient (Wildman–Crippen LogP) is 4.15. The molecule has 3 aromatic rings. The number of benzene rings is 1. The summed E-state index contributed by atoms with van der Waals surface area (Å²) in [5, 5.41) is 7.57. The molecule has 0 radical (unpaired) electrons. The van der Waals surface area contributed by atoms with E-state index in [1.165, 1.54) is 16.7 Å². The number of fused-ring (bicyclic) bond motifs is 1. The van der Waals surface area contributed by atoms with Crippen LogP contribution >= 0.6 is 15.9 Å². The highest BCUT2D eigenvalue weighted by molar-refractivity contribution is 9.10. The molecular formula is C17H19BrN4. The molecule has 2 heterocycles. The number of rotatable bonds is 5. The molecule has 1 N–H and O–H groups in total. The van der Waals surface area contributed by atoms with E-state index in [0.29, 0.717) is 0 Å². The van der Waals surface area contributed by atoms with Gasteiger partial charge in [0.15, 0.2) is 5.65 Å². The maximum absolute atomic E-state index is 4.55. The Morgan fingerprint density at radius 2 is 2.09 bits per heavy atom. The summed E-state index contributed by atoms with van der Waals surface area (Å²) in [5.41, 5.74) is 4.96. The van der Waals surface area contributed by atoms with E-state index in [-0.39, 0.29) is 0 Å². The van der Waals surface area contributed by atoms with Gasteiger partial charge in [-0.3, -0.25) is 0 Å². The van der Waals surface area contributed by atoms with Crippen molar-refractivity contribution in [3.63, 3.8) is 0 Å². The van der Waals surface area contributed by atoms with Crippen LogP contribution in [0.3, 0.4) is 0 Å². The highest BCUT2D eigenvalue weighted by Gasteiger charge is 2.04. The van der Waals surface area contributed by atoms with E-state index in [2.05, 4.69) is 63.4 Å². The molecule has 0 aliphatic carbocycles. The van der Waals surface area contributed by atoms with Crippen LogP contribution in [-0.4, -0.2) is 21.1 Å². The van der Waals surface area contributed by atoms with Gasteiger partial charge in [0.1, 0.15) is 5.82 Å². The molecule has 0 fully saturated rings. The van der Waals surface area contributed by atoms with Gasteiger partial charge in [0.05, 0.1) is 10.7 Å². The van der Waals surface area contributed by atoms with Crippen molar-refractivity contribution in [2.75, 3.05) is 11.9 Å². The zero-order chi connectivity index (χ0) is 15.5. The van der Waals surface area contributed by atoms with E-state index in [1.807, 2.05) is 12.3 Å². The molecule has 1 aromatic carbocycles. The first-order valence-electron chi connectivity index (χ1n) is 7.43. The van der Waals surface area contributed by atoms with E-state index in [9.17, 15) is 0 Å². The summed E-state index contributed by atoms with van der Waals surface area (Å²) in [6.07, 6.45) is 5.83. The van der Waals surface area contributed by atoms with Crippen molar-refractivity contribution in [2.24, 2.45) is 0 Å². The van der Waals surface area contributed by atoms with Gasteiger partial charge in [-0.2, -0.15) is 5.10 Å². The van der Waals surface area contributed by atoms with Crippen LogP contribution in [0.15, 0.2) is 41.1 Å². The highest BCUT2D eigenvalue weighted by atomic mass is 79.9. The minimum absolute atomic E-state index is 0.833. The SMILES string of the molecule is Cc1ccc(CCCNc2ccn3ncc(Br)c3n2)c(C)c1. The molecule has 0 unspecified atom stereocenters. The number of hydrogen-bond acceptors (Lipinski definition) is 3. The molecule has 0 saturated carbocycles. The van der Waals surface area contributed by atoms with Gasteiger partial charge >= 0.3 is 0 Å². The van der Waals surface area contributed by atoms with Gasteiger partial charge in [0.2, 0.25) is 0 Å². The molecule has 3 rings (SSSR count). The Hall–Kier alpha value is -1.88. The first-order chi connectivity index (χ1) is 10.6. The van der Waals surface area contributed by atoms with Crippen LogP contribution in [0.5, 0.6) is 0 Å². The van der Waals surface area contributed by atoms with E-state index in [1.54, 1.807) is 10.7 Å². The van der Waals surface area contributed by atoms with E-state index in [4.69, 9.17) is 0 Å². The van der Waals surface area contributed by atoms with Crippen LogP contribution in [0.25, 0.3) is 5.65 Å². The first-order valence-corrected chi connectivity index (χ1v) is 8.23. The second-order valence-corrected chi connectivity index (χ2v) is 6.39. The standard InChI is InChI=1S/C17H19BrN4/c1-12-5-6-14(13(2)10-12)4-3-8-19-16-7-9-22-17(21-16)15(18)11-20-22/h5-7,9-11H,3-4,8H2,1-2H3,(H,19,21). The van der Waals surface area contributed by atoms with Crippen LogP contribution < -0.4 is 5.32 Å². The van der Waals surface area contributed by atoms with Crippen molar-refractivity contribution in [3.8, 4) is 0 Å². The van der Waals surface area contributed by atoms with Crippen LogP contribution in [0.4, 0.5) is 5.82 Å². The van der Waals surface area contributed by atoms with Gasteiger partial charge in [-0.1, -0.05) is 23.8 Å². The average Bonchev–Trinajstić information content (AvgIpc) is 2.87. The average molecular weight is 359 g/mol. The van der Waals surface area contributed by atoms with Crippen molar-refractivity contribution >= 4 is 27.4 Å². The second-order valence-electron chi connectivity index (χ2n) is 5.53. The van der Waals surface area contributed by atoms with E-state index >= 15 is 0 Å². The molecule has 0 saturated heterocycles. The van der Waals surface area contributed by atoms with Crippen LogP contribution in [-0.2, 0) is 6.42 Å². The largest absolute Gasteiger partial charge is 0.370 e. The fourth-order valence-electron chi connectivity index (χ4n) is 2.56. The van der Waals surface area contributed by atoms with Crippen LogP contribution in [0.1, 0.15) is 23.1 Å². The summed E-state index contributed by atoms with van der Waals surface area (Å²) in [7, 11) is 0. The van der Waals surface area contributed by atoms with Crippen molar-refractivity contribution < 1.29 is 0 Å². The fraction of sp³-hybridized carbons (Fsp3) is 0.294. The quantitative estimate of drug-likeness (QED) is 0.696. The maximum atomic E-state index is 4.55. The Labute approximate surface area is 138 Å². The van der Waals surface area contributed by atoms with Crippen LogP contribution in [0, 0.1) is 13.8 Å². The molecule has 0 spiro atoms. The zero-order valence-electron chi connectivity index (χ0n) is 12.8. The molecule has 22 heavy (non-hydrogen) atoms. The van der Waals surface area contributed by atoms with Gasteiger partial charge in [0, 0.05) is 12.7 Å². The van der Waals surface area contributed by atoms with Crippen LogP contribution in [0.2, 0.25) is 0 Å². The Balaban J connectivity index is 1.56. The number of aryl methyl sites for hydroxylation is 3. The lowest BCUT2D eigenvalue weighted by atomic mass is 10.0. The number of halogens is 1. The first kappa shape index (κ1) is 15.0. The Morgan fingerprint density at radius 1 is 1.23 bits per heavy atom. The van der Waals surface area contributed by atoms with Crippen molar-refractivity contribution in [3.05, 3.63) is 57.8 Å². The number of anilines is 1. The third-order valence-electron chi connectivity index (χ3n) is 3.75. The summed E-state index contributed by atoms with van der Waals surface area (Å²) >= 11 is 3.45. The predicted molar refractivity (Wildman–Crippen MR) is 93.4 cm³/mol. The van der Waals surface area contributed by atoms with Gasteiger partial charge < -0.3 is 5.32 Å². The maximum Gasteiger partial charge on any atom is 0.171 e. The fourth-order valence-corrected chi connectivity index (χ4v) is 2.92. The molecule has 0 aliphatic rings. The van der Waals surface area contributed by atoms with Crippen molar-refractivity contribution in [1.82, 2.24) is 14.6 Å². The molecule has 0 atom stereocenters. The van der Waals surface area contributed by atoms with Crippen molar-refractivity contribution in [2.45, 2.75) is 26.7 Å². The minimum Gasteiger partial charge on any atom is -0.370 e. The molecule has 4 nitrogen and oxygen atoms in total. The van der Waals surface area contributed by atoms with E-state index in [0.717, 1.165) is 35.3 Å². The lowest BCUT2D eigenvalue weighted by Crippen LogP contribution is -2.06. The molecule has 114 valence electrons. The zero-order valence-corrected chi connectivity index (χ0v) is 14.4. The van der Waals surface area contributed by atoms with Crippen molar-refractivity contribution in [1.29, 1.82) is 0 Å². The van der Waals surface area contributed by atoms with Gasteiger partial charge in [-0.25, -0.2) is 9.50 Å². The molecular weight excluding hydrogens is 340 g/mol. The van der Waals surface area contributed by atoms with Gasteiger partial charge in [0.25, 0.3) is 0 Å². The third kappa shape index (κ3) is 3.30. The number of hydrogen-bond donors (Lipinski definition) is 1. The summed E-state index contributed by atoms with van der Waals surface area (Å²) in [5.74, 6) is 0.884. The minimum atomic E-state index is 0.833. The molecule has 0 amide bonds. The molecule has 0 aliphatic heterocycles. The Kier molecular flexibility index (Phi) is 4.43. The molecule has 0 bridgehead atoms.